The van der Waals surface area contributed by atoms with E-state index in [1.54, 1.807) is 0 Å². The highest BCUT2D eigenvalue weighted by Crippen LogP contribution is 2.16. The second kappa shape index (κ2) is 66.6. The average Bonchev–Trinajstić information content (AvgIpc) is 3.45. The van der Waals surface area contributed by atoms with Crippen molar-refractivity contribution in [1.29, 1.82) is 0 Å². The first-order valence-electron chi connectivity index (χ1n) is 33.4. The van der Waals surface area contributed by atoms with Crippen molar-refractivity contribution < 1.29 is 28.6 Å². The number of esters is 3. The van der Waals surface area contributed by atoms with Crippen molar-refractivity contribution in [2.45, 2.75) is 322 Å². The van der Waals surface area contributed by atoms with Gasteiger partial charge in [-0.15, -0.1) is 0 Å². The second-order valence-corrected chi connectivity index (χ2v) is 22.0. The monoisotopic (exact) mass is 1100 g/mol. The number of rotatable bonds is 60. The van der Waals surface area contributed by atoms with E-state index >= 15 is 0 Å². The van der Waals surface area contributed by atoms with Crippen LogP contribution in [0, 0.1) is 0 Å². The molecule has 0 fully saturated rings. The van der Waals surface area contributed by atoms with E-state index in [1.165, 1.54) is 154 Å². The fourth-order valence-electron chi connectivity index (χ4n) is 9.24. The van der Waals surface area contributed by atoms with E-state index in [0.29, 0.717) is 19.3 Å². The molecule has 0 aliphatic heterocycles. The maximum Gasteiger partial charge on any atom is 0.306 e. The van der Waals surface area contributed by atoms with Crippen molar-refractivity contribution in [3.8, 4) is 0 Å². The number of hydrogen-bond donors (Lipinski definition) is 0. The molecule has 0 N–H and O–H groups in total. The summed E-state index contributed by atoms with van der Waals surface area (Å²) in [5.74, 6) is -0.950. The fraction of sp³-hybridized carbons (Fsp3) is 0.712. The Hall–Kier alpha value is -3.93. The fourth-order valence-corrected chi connectivity index (χ4v) is 9.24. The van der Waals surface area contributed by atoms with Crippen molar-refractivity contribution in [3.63, 3.8) is 0 Å². The lowest BCUT2D eigenvalue weighted by molar-refractivity contribution is -0.167. The Bertz CT molecular complexity index is 1590. The molecule has 0 aromatic carbocycles. The molecule has 452 valence electrons. The minimum absolute atomic E-state index is 0.100. The van der Waals surface area contributed by atoms with Crippen LogP contribution in [0.25, 0.3) is 0 Å². The van der Waals surface area contributed by atoms with E-state index in [2.05, 4.69) is 130 Å². The van der Waals surface area contributed by atoms with Crippen LogP contribution in [0.2, 0.25) is 0 Å². The summed E-state index contributed by atoms with van der Waals surface area (Å²) in [7, 11) is 0. The summed E-state index contributed by atoms with van der Waals surface area (Å²) >= 11 is 0. The lowest BCUT2D eigenvalue weighted by Gasteiger charge is -2.18. The SMILES string of the molecule is CC/C=C\C/C=C\C/C=C\C/C=C\C/C=C\C/C=C\CCCCC(=O)OC(COC(=O)CCCCCCC/C=C\C/C=C\CCCCC)COC(=O)CCCCCCCCCCCCCCC/C=C\CCCCCCCCCC. The predicted molar refractivity (Wildman–Crippen MR) is 343 cm³/mol. The molecule has 0 saturated heterocycles. The summed E-state index contributed by atoms with van der Waals surface area (Å²) < 4.78 is 16.9. The molecule has 0 aliphatic rings. The molecule has 1 atom stereocenters. The van der Waals surface area contributed by atoms with E-state index in [0.717, 1.165) is 116 Å². The van der Waals surface area contributed by atoms with Crippen molar-refractivity contribution >= 4 is 17.9 Å². The first-order valence-corrected chi connectivity index (χ1v) is 33.4. The van der Waals surface area contributed by atoms with Crippen molar-refractivity contribution in [2.24, 2.45) is 0 Å². The van der Waals surface area contributed by atoms with Gasteiger partial charge in [0.1, 0.15) is 13.2 Å². The molecule has 1 unspecified atom stereocenters. The third-order valence-corrected chi connectivity index (χ3v) is 14.2. The van der Waals surface area contributed by atoms with Crippen LogP contribution in [-0.2, 0) is 28.6 Å². The summed E-state index contributed by atoms with van der Waals surface area (Å²) in [6.45, 7) is 6.48. The van der Waals surface area contributed by atoms with Crippen molar-refractivity contribution in [3.05, 3.63) is 109 Å². The third-order valence-electron chi connectivity index (χ3n) is 14.2. The normalized spacial score (nSPS) is 12.8. The van der Waals surface area contributed by atoms with Crippen LogP contribution in [-0.4, -0.2) is 37.2 Å². The zero-order valence-electron chi connectivity index (χ0n) is 51.9. The summed E-state index contributed by atoms with van der Waals surface area (Å²) in [6.07, 6.45) is 91.0. The quantitative estimate of drug-likeness (QED) is 0.0261. The Balaban J connectivity index is 4.41. The summed E-state index contributed by atoms with van der Waals surface area (Å²) in [5.41, 5.74) is 0. The minimum Gasteiger partial charge on any atom is -0.462 e. The number of hydrogen-bond acceptors (Lipinski definition) is 6. The zero-order valence-corrected chi connectivity index (χ0v) is 51.9. The first-order chi connectivity index (χ1) is 39.0. The molecule has 0 amide bonds. The van der Waals surface area contributed by atoms with Gasteiger partial charge in [-0.05, 0) is 128 Å². The van der Waals surface area contributed by atoms with Crippen LogP contribution in [0.5, 0.6) is 0 Å². The second-order valence-electron chi connectivity index (χ2n) is 22.0. The van der Waals surface area contributed by atoms with Gasteiger partial charge in [-0.1, -0.05) is 278 Å². The standard InChI is InChI=1S/C73H124O6/c1-4-7-10-13-16-19-22-25-28-30-32-34-35-36-37-39-40-42-45-48-51-54-57-60-63-66-72(75)78-69-70(68-77-71(74)65-62-59-56-53-50-47-44-27-24-21-18-15-12-9-6-3)79-73(76)67-64-61-58-55-52-49-46-43-41-38-33-31-29-26-23-20-17-14-11-8-5-2/h8,11,17-18,20-21,26-27,29-30,32-33,38,43-44,46,52,55,70H,4-7,9-10,12-16,19,22-25,28,31,34-37,39-42,45,47-51,53-54,56-69H2,1-3H3/b11-8-,20-17-,21-18-,29-26-,32-30-,38-33-,44-27-,46-43-,55-52-. The van der Waals surface area contributed by atoms with Crippen LogP contribution >= 0.6 is 0 Å². The molecule has 6 nitrogen and oxygen atoms in total. The van der Waals surface area contributed by atoms with Gasteiger partial charge in [-0.3, -0.25) is 14.4 Å². The Kier molecular flexibility index (Phi) is 63.3. The highest BCUT2D eigenvalue weighted by molar-refractivity contribution is 5.71. The van der Waals surface area contributed by atoms with Crippen LogP contribution in [0.1, 0.15) is 316 Å². The first kappa shape index (κ1) is 75.1. The van der Waals surface area contributed by atoms with Gasteiger partial charge in [-0.2, -0.15) is 0 Å². The Labute approximate surface area is 489 Å². The van der Waals surface area contributed by atoms with Gasteiger partial charge in [0.25, 0.3) is 0 Å². The van der Waals surface area contributed by atoms with Gasteiger partial charge in [0.15, 0.2) is 6.10 Å². The van der Waals surface area contributed by atoms with Gasteiger partial charge in [0.05, 0.1) is 0 Å². The van der Waals surface area contributed by atoms with Crippen molar-refractivity contribution in [2.75, 3.05) is 13.2 Å². The number of carbonyl (C=O) groups excluding carboxylic acids is 3. The van der Waals surface area contributed by atoms with E-state index in [4.69, 9.17) is 14.2 Å². The number of carbonyl (C=O) groups is 3. The van der Waals surface area contributed by atoms with Crippen LogP contribution in [0.4, 0.5) is 0 Å². The lowest BCUT2D eigenvalue weighted by atomic mass is 10.0. The van der Waals surface area contributed by atoms with Gasteiger partial charge < -0.3 is 14.2 Å². The van der Waals surface area contributed by atoms with Crippen LogP contribution < -0.4 is 0 Å². The topological polar surface area (TPSA) is 78.9 Å². The van der Waals surface area contributed by atoms with E-state index in [-0.39, 0.29) is 37.5 Å². The highest BCUT2D eigenvalue weighted by atomic mass is 16.6. The molecule has 0 aromatic heterocycles. The molecule has 0 rings (SSSR count). The van der Waals surface area contributed by atoms with E-state index in [9.17, 15) is 14.4 Å². The largest absolute Gasteiger partial charge is 0.462 e. The third kappa shape index (κ3) is 64.8. The van der Waals surface area contributed by atoms with E-state index < -0.39 is 6.10 Å². The smallest absolute Gasteiger partial charge is 0.306 e. The Morgan fingerprint density at radius 1 is 0.266 bits per heavy atom. The lowest BCUT2D eigenvalue weighted by Crippen LogP contribution is -2.30. The molecule has 79 heavy (non-hydrogen) atoms. The predicted octanol–water partition coefficient (Wildman–Crippen LogP) is 23.0. The van der Waals surface area contributed by atoms with Crippen LogP contribution in [0.15, 0.2) is 109 Å². The molecule has 0 spiro atoms. The van der Waals surface area contributed by atoms with Gasteiger partial charge in [0.2, 0.25) is 0 Å². The average molecular weight is 1100 g/mol. The molecule has 0 bridgehead atoms. The number of unbranched alkanes of at least 4 members (excludes halogenated alkanes) is 31. The molecular weight excluding hydrogens is 973 g/mol. The molecule has 0 aliphatic carbocycles. The molecule has 0 aromatic rings. The van der Waals surface area contributed by atoms with Gasteiger partial charge in [0, 0.05) is 19.3 Å². The molecular formula is C73H124O6. The van der Waals surface area contributed by atoms with E-state index in [1.807, 2.05) is 0 Å². The summed E-state index contributed by atoms with van der Waals surface area (Å²) in [4.78, 5) is 38.4. The maximum absolute atomic E-state index is 12.9. The zero-order chi connectivity index (χ0) is 57.1. The van der Waals surface area contributed by atoms with Crippen LogP contribution in [0.3, 0.4) is 0 Å². The number of ether oxygens (including phenoxy) is 3. The summed E-state index contributed by atoms with van der Waals surface area (Å²) in [5, 5.41) is 0. The minimum atomic E-state index is -0.810. The molecule has 0 radical (unpaired) electrons. The number of allylic oxidation sites excluding steroid dienone is 18. The van der Waals surface area contributed by atoms with Crippen molar-refractivity contribution in [1.82, 2.24) is 0 Å². The molecule has 6 heteroatoms. The molecule has 0 heterocycles. The molecule has 0 saturated carbocycles. The Morgan fingerprint density at radius 3 is 0.835 bits per heavy atom. The maximum atomic E-state index is 12.9. The van der Waals surface area contributed by atoms with Gasteiger partial charge in [-0.25, -0.2) is 0 Å². The van der Waals surface area contributed by atoms with Gasteiger partial charge >= 0.3 is 17.9 Å². The summed E-state index contributed by atoms with van der Waals surface area (Å²) in [6, 6.07) is 0. The Morgan fingerprint density at radius 2 is 0.494 bits per heavy atom. The highest BCUT2D eigenvalue weighted by Gasteiger charge is 2.19.